The number of rotatable bonds is 1. The van der Waals surface area contributed by atoms with E-state index in [-0.39, 0.29) is 0 Å². The van der Waals surface area contributed by atoms with E-state index in [0.29, 0.717) is 5.92 Å². The van der Waals surface area contributed by atoms with Crippen LogP contribution in [0, 0.1) is 3.57 Å². The summed E-state index contributed by atoms with van der Waals surface area (Å²) in [6, 6.07) is 6.50. The van der Waals surface area contributed by atoms with Crippen molar-refractivity contribution in [1.82, 2.24) is 0 Å². The Morgan fingerprint density at radius 3 is 3.14 bits per heavy atom. The van der Waals surface area contributed by atoms with E-state index >= 15 is 0 Å². The molecule has 0 bridgehead atoms. The van der Waals surface area contributed by atoms with Gasteiger partial charge < -0.3 is 5.21 Å². The fourth-order valence-electron chi connectivity index (χ4n) is 2.06. The quantitative estimate of drug-likeness (QED) is 0.367. The SMILES string of the molecule is ON=CC1CCCc2cc(I)ccc21. The van der Waals surface area contributed by atoms with Crippen LogP contribution >= 0.6 is 22.6 Å². The molecule has 0 aliphatic heterocycles. The highest BCUT2D eigenvalue weighted by Crippen LogP contribution is 2.31. The third-order valence-corrected chi connectivity index (χ3v) is 3.38. The number of hydrogen-bond acceptors (Lipinski definition) is 2. The monoisotopic (exact) mass is 301 g/mol. The van der Waals surface area contributed by atoms with Crippen molar-refractivity contribution in [2.75, 3.05) is 0 Å². The zero-order valence-electron chi connectivity index (χ0n) is 7.78. The second-order valence-electron chi connectivity index (χ2n) is 3.61. The second-order valence-corrected chi connectivity index (χ2v) is 4.85. The average molecular weight is 301 g/mol. The van der Waals surface area contributed by atoms with E-state index in [4.69, 9.17) is 5.21 Å². The maximum Gasteiger partial charge on any atom is 0.0510 e. The molecular formula is C11H12INO. The molecule has 0 heterocycles. The Kier molecular flexibility index (Phi) is 3.05. The number of fused-ring (bicyclic) bond motifs is 1. The Labute approximate surface area is 97.2 Å². The van der Waals surface area contributed by atoms with Gasteiger partial charge in [0.25, 0.3) is 0 Å². The van der Waals surface area contributed by atoms with Gasteiger partial charge in [0.05, 0.1) is 6.21 Å². The molecule has 0 amide bonds. The summed E-state index contributed by atoms with van der Waals surface area (Å²) in [5, 5.41) is 11.7. The maximum atomic E-state index is 8.57. The van der Waals surface area contributed by atoms with Crippen molar-refractivity contribution in [2.24, 2.45) is 5.16 Å². The Balaban J connectivity index is 2.39. The van der Waals surface area contributed by atoms with Gasteiger partial charge in [0.1, 0.15) is 0 Å². The number of nitrogens with zero attached hydrogens (tertiary/aromatic N) is 1. The molecule has 0 radical (unpaired) electrons. The number of oxime groups is 1. The highest BCUT2D eigenvalue weighted by Gasteiger charge is 2.18. The lowest BCUT2D eigenvalue weighted by atomic mass is 9.84. The molecule has 1 aromatic carbocycles. The summed E-state index contributed by atoms with van der Waals surface area (Å²) in [4.78, 5) is 0. The molecule has 1 aromatic rings. The van der Waals surface area contributed by atoms with E-state index in [2.05, 4.69) is 45.9 Å². The average Bonchev–Trinajstić information content (AvgIpc) is 2.18. The summed E-state index contributed by atoms with van der Waals surface area (Å²) in [5.74, 6) is 0.306. The van der Waals surface area contributed by atoms with Gasteiger partial charge in [0.15, 0.2) is 0 Å². The van der Waals surface area contributed by atoms with E-state index in [1.54, 1.807) is 6.21 Å². The van der Waals surface area contributed by atoms with Gasteiger partial charge in [-0.2, -0.15) is 0 Å². The van der Waals surface area contributed by atoms with Crippen LogP contribution in [0.3, 0.4) is 0 Å². The highest BCUT2D eigenvalue weighted by molar-refractivity contribution is 14.1. The molecule has 0 saturated heterocycles. The topological polar surface area (TPSA) is 32.6 Å². The van der Waals surface area contributed by atoms with Crippen molar-refractivity contribution in [1.29, 1.82) is 0 Å². The largest absolute Gasteiger partial charge is 0.411 e. The van der Waals surface area contributed by atoms with E-state index in [1.807, 2.05) is 0 Å². The molecule has 0 fully saturated rings. The van der Waals surface area contributed by atoms with Crippen LogP contribution in [-0.4, -0.2) is 11.4 Å². The lowest BCUT2D eigenvalue weighted by Crippen LogP contribution is -2.11. The van der Waals surface area contributed by atoms with Crippen LogP contribution in [0.5, 0.6) is 0 Å². The fourth-order valence-corrected chi connectivity index (χ4v) is 2.61. The molecule has 3 heteroatoms. The van der Waals surface area contributed by atoms with Gasteiger partial charge in [0.2, 0.25) is 0 Å². The molecule has 14 heavy (non-hydrogen) atoms. The minimum Gasteiger partial charge on any atom is -0.411 e. The molecule has 74 valence electrons. The minimum absolute atomic E-state index is 0.306. The lowest BCUT2D eigenvalue weighted by Gasteiger charge is -2.22. The van der Waals surface area contributed by atoms with Gasteiger partial charge in [-0.1, -0.05) is 6.07 Å². The first-order valence-electron chi connectivity index (χ1n) is 4.77. The molecule has 1 unspecified atom stereocenters. The first-order chi connectivity index (χ1) is 6.81. The number of hydrogen-bond donors (Lipinski definition) is 1. The minimum atomic E-state index is 0.306. The molecule has 0 aromatic heterocycles. The first-order valence-corrected chi connectivity index (χ1v) is 5.85. The van der Waals surface area contributed by atoms with E-state index in [1.165, 1.54) is 21.1 Å². The predicted octanol–water partition coefficient (Wildman–Crippen LogP) is 3.17. The maximum absolute atomic E-state index is 8.57. The Hall–Kier alpha value is -0.580. The Morgan fingerprint density at radius 1 is 1.50 bits per heavy atom. The van der Waals surface area contributed by atoms with Gasteiger partial charge in [-0.3, -0.25) is 0 Å². The standard InChI is InChI=1S/C11H12INO/c12-10-4-5-11-8(6-10)2-1-3-9(11)7-13-14/h4-7,9,14H,1-3H2. The van der Waals surface area contributed by atoms with Gasteiger partial charge >= 0.3 is 0 Å². The van der Waals surface area contributed by atoms with Crippen LogP contribution in [0.15, 0.2) is 23.4 Å². The first kappa shape index (κ1) is 9.96. The van der Waals surface area contributed by atoms with Gasteiger partial charge in [0, 0.05) is 9.49 Å². The zero-order chi connectivity index (χ0) is 9.97. The second kappa shape index (κ2) is 4.29. The predicted molar refractivity (Wildman–Crippen MR) is 65.1 cm³/mol. The molecule has 2 nitrogen and oxygen atoms in total. The van der Waals surface area contributed by atoms with Crippen molar-refractivity contribution in [2.45, 2.75) is 25.2 Å². The van der Waals surface area contributed by atoms with Gasteiger partial charge in [-0.25, -0.2) is 0 Å². The van der Waals surface area contributed by atoms with Crippen LogP contribution in [0.4, 0.5) is 0 Å². The molecule has 0 spiro atoms. The Bertz CT molecular complexity index is 362. The molecular weight excluding hydrogens is 289 g/mol. The van der Waals surface area contributed by atoms with Crippen LogP contribution in [0.1, 0.15) is 29.9 Å². The van der Waals surface area contributed by atoms with E-state index in [9.17, 15) is 0 Å². The summed E-state index contributed by atoms with van der Waals surface area (Å²) in [5.41, 5.74) is 2.74. The smallest absolute Gasteiger partial charge is 0.0510 e. The van der Waals surface area contributed by atoms with E-state index in [0.717, 1.165) is 12.8 Å². The normalized spacial score (nSPS) is 21.1. The van der Waals surface area contributed by atoms with Crippen LogP contribution in [0.2, 0.25) is 0 Å². The number of aryl methyl sites for hydroxylation is 1. The van der Waals surface area contributed by atoms with Crippen molar-refractivity contribution in [3.63, 3.8) is 0 Å². The van der Waals surface area contributed by atoms with Crippen LogP contribution < -0.4 is 0 Å². The third-order valence-electron chi connectivity index (χ3n) is 2.71. The third kappa shape index (κ3) is 1.92. The fraction of sp³-hybridized carbons (Fsp3) is 0.364. The van der Waals surface area contributed by atoms with Crippen LogP contribution in [-0.2, 0) is 6.42 Å². The van der Waals surface area contributed by atoms with E-state index < -0.39 is 0 Å². The highest BCUT2D eigenvalue weighted by atomic mass is 127. The molecule has 2 rings (SSSR count). The molecule has 1 aliphatic carbocycles. The molecule has 1 N–H and O–H groups in total. The number of benzene rings is 1. The summed E-state index contributed by atoms with van der Waals surface area (Å²) in [7, 11) is 0. The van der Waals surface area contributed by atoms with Crippen molar-refractivity contribution < 1.29 is 5.21 Å². The summed E-state index contributed by atoms with van der Waals surface area (Å²) in [6.45, 7) is 0. The van der Waals surface area contributed by atoms with Crippen molar-refractivity contribution in [3.05, 3.63) is 32.9 Å². The van der Waals surface area contributed by atoms with Gasteiger partial charge in [-0.15, -0.1) is 5.16 Å². The Morgan fingerprint density at radius 2 is 2.36 bits per heavy atom. The van der Waals surface area contributed by atoms with Crippen LogP contribution in [0.25, 0.3) is 0 Å². The number of halogens is 1. The molecule has 0 saturated carbocycles. The van der Waals surface area contributed by atoms with Crippen molar-refractivity contribution in [3.8, 4) is 0 Å². The van der Waals surface area contributed by atoms with Crippen molar-refractivity contribution >= 4 is 28.8 Å². The summed E-state index contributed by atoms with van der Waals surface area (Å²) >= 11 is 2.33. The zero-order valence-corrected chi connectivity index (χ0v) is 9.94. The molecule has 1 aliphatic rings. The lowest BCUT2D eigenvalue weighted by molar-refractivity contribution is 0.319. The summed E-state index contributed by atoms with van der Waals surface area (Å²) in [6.07, 6.45) is 5.08. The molecule has 1 atom stereocenters. The van der Waals surface area contributed by atoms with Gasteiger partial charge in [-0.05, 0) is 65.1 Å². The summed E-state index contributed by atoms with van der Waals surface area (Å²) < 4.78 is 1.28.